The number of benzene rings is 1. The second-order valence-corrected chi connectivity index (χ2v) is 5.43. The Balaban J connectivity index is 2.58. The Morgan fingerprint density at radius 1 is 1.40 bits per heavy atom. The van der Waals surface area contributed by atoms with Crippen molar-refractivity contribution in [2.45, 2.75) is 11.0 Å². The first-order valence-corrected chi connectivity index (χ1v) is 6.11. The maximum atomic E-state index is 11.2. The van der Waals surface area contributed by atoms with E-state index in [9.17, 15) is 18.3 Å². The van der Waals surface area contributed by atoms with Crippen LogP contribution in [0.3, 0.4) is 0 Å². The molecule has 0 saturated carbocycles. The summed E-state index contributed by atoms with van der Waals surface area (Å²) in [6.07, 6.45) is -0.201. The number of aliphatic hydroxyl groups excluding tert-OH is 1. The van der Waals surface area contributed by atoms with Crippen LogP contribution in [0.2, 0.25) is 0 Å². The summed E-state index contributed by atoms with van der Waals surface area (Å²) in [6.45, 7) is 0. The van der Waals surface area contributed by atoms with E-state index in [4.69, 9.17) is 0 Å². The van der Waals surface area contributed by atoms with Crippen LogP contribution in [-0.2, 0) is 14.6 Å². The molecule has 1 aliphatic heterocycles. The topological polar surface area (TPSA) is 83.5 Å². The predicted molar refractivity (Wildman–Crippen MR) is 53.1 cm³/mol. The van der Waals surface area contributed by atoms with Gasteiger partial charge in [0.2, 0.25) is 0 Å². The molecule has 0 aromatic heterocycles. The van der Waals surface area contributed by atoms with E-state index >= 15 is 0 Å². The monoisotopic (exact) mass is 227 g/mol. The first kappa shape index (κ1) is 10.1. The van der Waals surface area contributed by atoms with Crippen LogP contribution in [-0.4, -0.2) is 25.7 Å². The largest absolute Gasteiger partial charge is 0.378 e. The fraction of sp³-hybridized carbons (Fsp3) is 0.222. The molecule has 0 bridgehead atoms. The zero-order valence-electron chi connectivity index (χ0n) is 7.89. The molecule has 15 heavy (non-hydrogen) atoms. The van der Waals surface area contributed by atoms with E-state index in [0.29, 0.717) is 11.3 Å². The van der Waals surface area contributed by atoms with Crippen molar-refractivity contribution in [3.8, 4) is 0 Å². The highest BCUT2D eigenvalue weighted by atomic mass is 32.2. The predicted octanol–water partition coefficient (Wildman–Crippen LogP) is 0.0756. The Bertz CT molecular complexity index is 535. The number of hydrogen-bond donors (Lipinski definition) is 2. The fourth-order valence-electron chi connectivity index (χ4n) is 1.45. The van der Waals surface area contributed by atoms with Gasteiger partial charge in [0, 0.05) is 17.5 Å². The highest BCUT2D eigenvalue weighted by Gasteiger charge is 2.29. The van der Waals surface area contributed by atoms with E-state index in [2.05, 4.69) is 5.32 Å². The molecule has 1 unspecified atom stereocenters. The smallest absolute Gasteiger partial charge is 0.257 e. The maximum absolute atomic E-state index is 11.2. The number of aliphatic hydroxyl groups is 1. The zero-order chi connectivity index (χ0) is 11.2. The molecule has 1 amide bonds. The molecule has 2 N–H and O–H groups in total. The molecule has 5 nitrogen and oxygen atoms in total. The van der Waals surface area contributed by atoms with Gasteiger partial charge in [0.25, 0.3) is 5.91 Å². The van der Waals surface area contributed by atoms with Gasteiger partial charge in [0.15, 0.2) is 15.9 Å². The minimum atomic E-state index is -3.32. The van der Waals surface area contributed by atoms with Gasteiger partial charge >= 0.3 is 0 Å². The zero-order valence-corrected chi connectivity index (χ0v) is 8.71. The van der Waals surface area contributed by atoms with Gasteiger partial charge in [0.1, 0.15) is 0 Å². The van der Waals surface area contributed by atoms with Crippen molar-refractivity contribution in [1.82, 2.24) is 0 Å². The van der Waals surface area contributed by atoms with Crippen LogP contribution >= 0.6 is 0 Å². The molecule has 1 aromatic carbocycles. The number of sulfone groups is 1. The number of hydrogen-bond acceptors (Lipinski definition) is 4. The molecular formula is C9H9NO4S. The van der Waals surface area contributed by atoms with E-state index in [1.165, 1.54) is 18.2 Å². The molecule has 0 saturated heterocycles. The minimum absolute atomic E-state index is 0.0943. The lowest BCUT2D eigenvalue weighted by atomic mass is 10.1. The van der Waals surface area contributed by atoms with Gasteiger partial charge in [-0.3, -0.25) is 4.79 Å². The highest BCUT2D eigenvalue weighted by Crippen LogP contribution is 2.32. The first-order chi connectivity index (χ1) is 6.89. The maximum Gasteiger partial charge on any atom is 0.257 e. The molecule has 1 aromatic rings. The second-order valence-electron chi connectivity index (χ2n) is 3.41. The highest BCUT2D eigenvalue weighted by molar-refractivity contribution is 7.90. The minimum Gasteiger partial charge on any atom is -0.378 e. The third-order valence-corrected chi connectivity index (χ3v) is 3.36. The van der Waals surface area contributed by atoms with Crippen LogP contribution < -0.4 is 5.32 Å². The van der Waals surface area contributed by atoms with Gasteiger partial charge in [0.05, 0.1) is 4.90 Å². The van der Waals surface area contributed by atoms with Gasteiger partial charge in [-0.25, -0.2) is 8.42 Å². The average Bonchev–Trinajstić information content (AvgIpc) is 2.41. The van der Waals surface area contributed by atoms with Crippen LogP contribution in [0.5, 0.6) is 0 Å². The molecule has 1 aliphatic rings. The van der Waals surface area contributed by atoms with Crippen LogP contribution in [0.4, 0.5) is 5.69 Å². The normalized spacial score (nSPS) is 19.9. The Labute approximate surface area is 86.7 Å². The summed E-state index contributed by atoms with van der Waals surface area (Å²) < 4.78 is 22.5. The Hall–Kier alpha value is -1.40. The number of carbonyl (C=O) groups excluding carboxylic acids is 1. The molecule has 0 fully saturated rings. The first-order valence-electron chi connectivity index (χ1n) is 4.22. The van der Waals surface area contributed by atoms with Gasteiger partial charge in [-0.05, 0) is 18.2 Å². The number of anilines is 1. The number of carbonyl (C=O) groups is 1. The number of rotatable bonds is 1. The Morgan fingerprint density at radius 2 is 2.07 bits per heavy atom. The lowest BCUT2D eigenvalue weighted by Gasteiger charge is -2.03. The standard InChI is InChI=1S/C9H9NO4S/c1-15(13,14)5-2-3-7-6(4-5)8(11)9(12)10-7/h2-4,8,11H,1H3,(H,10,12). The Kier molecular flexibility index (Phi) is 2.06. The number of nitrogens with one attached hydrogen (secondary N) is 1. The third kappa shape index (κ3) is 1.62. The van der Waals surface area contributed by atoms with Crippen molar-refractivity contribution < 1.29 is 18.3 Å². The van der Waals surface area contributed by atoms with Gasteiger partial charge in [-0.2, -0.15) is 0 Å². The van der Waals surface area contributed by atoms with E-state index in [1.807, 2.05) is 0 Å². The summed E-state index contributed by atoms with van der Waals surface area (Å²) in [5.41, 5.74) is 0.767. The van der Waals surface area contributed by atoms with Crippen LogP contribution in [0, 0.1) is 0 Å². The third-order valence-electron chi connectivity index (χ3n) is 2.25. The summed E-state index contributed by atoms with van der Waals surface area (Å²) in [4.78, 5) is 11.2. The van der Waals surface area contributed by atoms with Crippen LogP contribution in [0.1, 0.15) is 11.7 Å². The van der Waals surface area contributed by atoms with Gasteiger partial charge in [-0.1, -0.05) is 0 Å². The second kappa shape index (κ2) is 3.04. The molecule has 0 aliphatic carbocycles. The summed E-state index contributed by atoms with van der Waals surface area (Å²) >= 11 is 0. The number of fused-ring (bicyclic) bond motifs is 1. The van der Waals surface area contributed by atoms with Crippen molar-refractivity contribution >= 4 is 21.4 Å². The summed E-state index contributed by atoms with van der Waals surface area (Å²) in [7, 11) is -3.32. The van der Waals surface area contributed by atoms with Crippen molar-refractivity contribution in [2.24, 2.45) is 0 Å². The van der Waals surface area contributed by atoms with Gasteiger partial charge < -0.3 is 10.4 Å². The summed E-state index contributed by atoms with van der Waals surface area (Å²) in [6, 6.07) is 4.18. The molecule has 2 rings (SSSR count). The molecule has 80 valence electrons. The molecule has 0 radical (unpaired) electrons. The fourth-order valence-corrected chi connectivity index (χ4v) is 2.11. The van der Waals surface area contributed by atoms with Crippen LogP contribution in [0.25, 0.3) is 0 Å². The van der Waals surface area contributed by atoms with Crippen molar-refractivity contribution in [1.29, 1.82) is 0 Å². The van der Waals surface area contributed by atoms with Crippen molar-refractivity contribution in [2.75, 3.05) is 11.6 Å². The van der Waals surface area contributed by atoms with Gasteiger partial charge in [-0.15, -0.1) is 0 Å². The molecule has 1 atom stereocenters. The van der Waals surface area contributed by atoms with E-state index in [-0.39, 0.29) is 4.90 Å². The van der Waals surface area contributed by atoms with Crippen LogP contribution in [0.15, 0.2) is 23.1 Å². The average molecular weight is 227 g/mol. The molecule has 6 heteroatoms. The van der Waals surface area contributed by atoms with Crippen molar-refractivity contribution in [3.05, 3.63) is 23.8 Å². The lowest BCUT2D eigenvalue weighted by molar-refractivity contribution is -0.123. The molecule has 0 spiro atoms. The molecule has 1 heterocycles. The number of amides is 1. The van der Waals surface area contributed by atoms with E-state index in [1.54, 1.807) is 0 Å². The summed E-state index contributed by atoms with van der Waals surface area (Å²) in [5.74, 6) is -0.532. The van der Waals surface area contributed by atoms with E-state index < -0.39 is 21.8 Å². The lowest BCUT2D eigenvalue weighted by Crippen LogP contribution is -2.10. The van der Waals surface area contributed by atoms with E-state index in [0.717, 1.165) is 6.26 Å². The quantitative estimate of drug-likeness (QED) is 0.711. The SMILES string of the molecule is CS(=O)(=O)c1ccc2c(c1)C(O)C(=O)N2. The summed E-state index contributed by atoms with van der Waals surface area (Å²) in [5, 5.41) is 11.9. The molecular weight excluding hydrogens is 218 g/mol. The van der Waals surface area contributed by atoms with Crippen molar-refractivity contribution in [3.63, 3.8) is 0 Å². The Morgan fingerprint density at radius 3 is 2.67 bits per heavy atom.